The minimum absolute atomic E-state index is 0.143. The van der Waals surface area contributed by atoms with Crippen molar-refractivity contribution < 1.29 is 9.15 Å². The van der Waals surface area contributed by atoms with Crippen molar-refractivity contribution in [3.8, 4) is 0 Å². The predicted molar refractivity (Wildman–Crippen MR) is 109 cm³/mol. The number of ether oxygens (including phenoxy) is 1. The van der Waals surface area contributed by atoms with Crippen molar-refractivity contribution in [3.05, 3.63) is 65.4 Å². The molecule has 138 valence electrons. The number of likely N-dealkylation sites (tertiary alicyclic amines) is 1. The van der Waals surface area contributed by atoms with Crippen LogP contribution in [0.5, 0.6) is 0 Å². The van der Waals surface area contributed by atoms with Gasteiger partial charge in [0.1, 0.15) is 16.7 Å². The van der Waals surface area contributed by atoms with Crippen molar-refractivity contribution in [2.45, 2.75) is 25.0 Å². The van der Waals surface area contributed by atoms with Crippen LogP contribution in [-0.4, -0.2) is 36.1 Å². The van der Waals surface area contributed by atoms with Gasteiger partial charge >= 0.3 is 0 Å². The summed E-state index contributed by atoms with van der Waals surface area (Å²) in [7, 11) is 2.17. The predicted octanol–water partition coefficient (Wildman–Crippen LogP) is 5.24. The molecule has 1 saturated heterocycles. The molecule has 0 amide bonds. The molecular weight excluding hydrogens is 356 g/mol. The second-order valence-electron chi connectivity index (χ2n) is 7.26. The van der Waals surface area contributed by atoms with E-state index in [1.54, 1.807) is 17.6 Å². The highest BCUT2D eigenvalue weighted by Gasteiger charge is 2.26. The summed E-state index contributed by atoms with van der Waals surface area (Å²) < 4.78 is 13.4. The quantitative estimate of drug-likeness (QED) is 0.487. The van der Waals surface area contributed by atoms with Gasteiger partial charge in [0.15, 0.2) is 0 Å². The van der Waals surface area contributed by atoms with Crippen LogP contribution in [0.25, 0.3) is 21.2 Å². The van der Waals surface area contributed by atoms with E-state index in [-0.39, 0.29) is 12.2 Å². The SMILES string of the molecule is CN1CCC(OC(c2ccc3occc3c2)c2nc3ccccc3s2)CC1. The van der Waals surface area contributed by atoms with Crippen molar-refractivity contribution in [1.82, 2.24) is 9.88 Å². The molecule has 1 unspecified atom stereocenters. The molecule has 5 rings (SSSR count). The van der Waals surface area contributed by atoms with Gasteiger partial charge in [0.05, 0.1) is 22.6 Å². The van der Waals surface area contributed by atoms with Crippen molar-refractivity contribution in [1.29, 1.82) is 0 Å². The number of hydrogen-bond donors (Lipinski definition) is 0. The molecule has 1 atom stereocenters. The van der Waals surface area contributed by atoms with E-state index < -0.39 is 0 Å². The van der Waals surface area contributed by atoms with Crippen molar-refractivity contribution in [2.75, 3.05) is 20.1 Å². The molecule has 0 bridgehead atoms. The van der Waals surface area contributed by atoms with Crippen LogP contribution in [0.4, 0.5) is 0 Å². The molecule has 1 fully saturated rings. The smallest absolute Gasteiger partial charge is 0.134 e. The van der Waals surface area contributed by atoms with Gasteiger partial charge < -0.3 is 14.1 Å². The minimum Gasteiger partial charge on any atom is -0.464 e. The molecule has 0 N–H and O–H groups in total. The number of aromatic nitrogens is 1. The first kappa shape index (κ1) is 16.9. The van der Waals surface area contributed by atoms with E-state index in [1.165, 1.54) is 4.70 Å². The van der Waals surface area contributed by atoms with Gasteiger partial charge in [0.2, 0.25) is 0 Å². The molecular formula is C22H22N2O2S. The summed E-state index contributed by atoms with van der Waals surface area (Å²) in [5.41, 5.74) is 3.09. The Morgan fingerprint density at radius 1 is 1.15 bits per heavy atom. The highest BCUT2D eigenvalue weighted by molar-refractivity contribution is 7.18. The van der Waals surface area contributed by atoms with Gasteiger partial charge in [-0.15, -0.1) is 11.3 Å². The number of fused-ring (bicyclic) bond motifs is 2. The van der Waals surface area contributed by atoms with E-state index in [2.05, 4.69) is 42.3 Å². The largest absolute Gasteiger partial charge is 0.464 e. The molecule has 1 aliphatic heterocycles. The van der Waals surface area contributed by atoms with Crippen molar-refractivity contribution in [2.24, 2.45) is 0 Å². The third-order valence-electron chi connectivity index (χ3n) is 5.31. The maximum atomic E-state index is 6.66. The molecule has 0 saturated carbocycles. The van der Waals surface area contributed by atoms with Crippen LogP contribution in [-0.2, 0) is 4.74 Å². The minimum atomic E-state index is -0.143. The van der Waals surface area contributed by atoms with E-state index in [9.17, 15) is 0 Å². The van der Waals surface area contributed by atoms with Crippen LogP contribution in [0.1, 0.15) is 29.5 Å². The fourth-order valence-electron chi connectivity index (χ4n) is 3.74. The lowest BCUT2D eigenvalue weighted by atomic mass is 10.1. The van der Waals surface area contributed by atoms with Crippen LogP contribution in [0.3, 0.4) is 0 Å². The highest BCUT2D eigenvalue weighted by atomic mass is 32.1. The number of hydrogen-bond acceptors (Lipinski definition) is 5. The Morgan fingerprint density at radius 2 is 2.00 bits per heavy atom. The van der Waals surface area contributed by atoms with E-state index in [0.29, 0.717) is 0 Å². The Balaban J connectivity index is 1.53. The monoisotopic (exact) mass is 378 g/mol. The van der Waals surface area contributed by atoms with Crippen LogP contribution < -0.4 is 0 Å². The fraction of sp³-hybridized carbons (Fsp3) is 0.318. The average Bonchev–Trinajstić information content (AvgIpc) is 3.33. The first-order valence-corrected chi connectivity index (χ1v) is 10.2. The van der Waals surface area contributed by atoms with Gasteiger partial charge in [-0.1, -0.05) is 18.2 Å². The summed E-state index contributed by atoms with van der Waals surface area (Å²) >= 11 is 1.73. The third kappa shape index (κ3) is 3.38. The van der Waals surface area contributed by atoms with Crippen LogP contribution in [0, 0.1) is 0 Å². The Kier molecular flexibility index (Phi) is 4.44. The number of piperidine rings is 1. The number of furan rings is 1. The zero-order valence-corrected chi connectivity index (χ0v) is 16.1. The molecule has 0 aliphatic carbocycles. The second-order valence-corrected chi connectivity index (χ2v) is 8.32. The molecule has 0 spiro atoms. The molecule has 0 radical (unpaired) electrons. The topological polar surface area (TPSA) is 38.5 Å². The maximum absolute atomic E-state index is 6.66. The maximum Gasteiger partial charge on any atom is 0.134 e. The molecule has 2 aromatic heterocycles. The number of rotatable bonds is 4. The Labute approximate surface area is 162 Å². The van der Waals surface area contributed by atoms with Crippen molar-refractivity contribution >= 4 is 32.5 Å². The van der Waals surface area contributed by atoms with E-state index in [0.717, 1.165) is 53.0 Å². The van der Waals surface area contributed by atoms with Gasteiger partial charge in [0.25, 0.3) is 0 Å². The lowest BCUT2D eigenvalue weighted by molar-refractivity contribution is -0.0234. The van der Waals surface area contributed by atoms with Gasteiger partial charge in [-0.05, 0) is 55.8 Å². The van der Waals surface area contributed by atoms with Gasteiger partial charge in [-0.25, -0.2) is 4.98 Å². The van der Waals surface area contributed by atoms with Crippen molar-refractivity contribution in [3.63, 3.8) is 0 Å². The summed E-state index contributed by atoms with van der Waals surface area (Å²) in [5.74, 6) is 0. The molecule has 4 aromatic rings. The normalized spacial score (nSPS) is 17.7. The number of thiazole rings is 1. The standard InChI is InChI=1S/C22H22N2O2S/c1-24-11-8-17(9-12-24)26-21(16-6-7-19-15(14-16)10-13-25-19)22-23-18-4-2-3-5-20(18)27-22/h2-7,10,13-14,17,21H,8-9,11-12H2,1H3. The van der Waals surface area contributed by atoms with Crippen LogP contribution in [0.15, 0.2) is 59.2 Å². The molecule has 2 aromatic carbocycles. The second kappa shape index (κ2) is 7.08. The lowest BCUT2D eigenvalue weighted by Gasteiger charge is -2.31. The first-order chi connectivity index (χ1) is 13.3. The van der Waals surface area contributed by atoms with Gasteiger partial charge in [-0.3, -0.25) is 0 Å². The summed E-state index contributed by atoms with van der Waals surface area (Å²) in [5, 5.41) is 2.13. The summed E-state index contributed by atoms with van der Waals surface area (Å²) in [4.78, 5) is 7.26. The fourth-order valence-corrected chi connectivity index (χ4v) is 4.78. The Bertz CT molecular complexity index is 1030. The summed E-state index contributed by atoms with van der Waals surface area (Å²) in [6, 6.07) is 16.6. The van der Waals surface area contributed by atoms with Crippen LogP contribution in [0.2, 0.25) is 0 Å². The zero-order chi connectivity index (χ0) is 18.2. The lowest BCUT2D eigenvalue weighted by Crippen LogP contribution is -2.35. The molecule has 4 nitrogen and oxygen atoms in total. The van der Waals surface area contributed by atoms with Crippen LogP contribution >= 0.6 is 11.3 Å². The highest BCUT2D eigenvalue weighted by Crippen LogP contribution is 2.36. The first-order valence-electron chi connectivity index (χ1n) is 9.43. The van der Waals surface area contributed by atoms with E-state index >= 15 is 0 Å². The Morgan fingerprint density at radius 3 is 2.85 bits per heavy atom. The van der Waals surface area contributed by atoms with E-state index in [1.807, 2.05) is 18.2 Å². The molecule has 27 heavy (non-hydrogen) atoms. The molecule has 3 heterocycles. The number of para-hydroxylation sites is 1. The number of nitrogens with zero attached hydrogens (tertiary/aromatic N) is 2. The molecule has 1 aliphatic rings. The van der Waals surface area contributed by atoms with Gasteiger partial charge in [0, 0.05) is 18.5 Å². The molecule has 5 heteroatoms. The Hall–Kier alpha value is -2.21. The zero-order valence-electron chi connectivity index (χ0n) is 15.3. The summed E-state index contributed by atoms with van der Waals surface area (Å²) in [6.07, 6.45) is 3.98. The number of benzene rings is 2. The average molecular weight is 378 g/mol. The third-order valence-corrected chi connectivity index (χ3v) is 6.39. The van der Waals surface area contributed by atoms with E-state index in [4.69, 9.17) is 14.1 Å². The summed E-state index contributed by atoms with van der Waals surface area (Å²) in [6.45, 7) is 2.16. The van der Waals surface area contributed by atoms with Gasteiger partial charge in [-0.2, -0.15) is 0 Å².